The maximum Gasteiger partial charge on any atom is 0.339 e. The van der Waals surface area contributed by atoms with E-state index in [1.165, 1.54) is 12.1 Å². The van der Waals surface area contributed by atoms with Crippen LogP contribution in [-0.4, -0.2) is 35.3 Å². The molecule has 0 unspecified atom stereocenters. The van der Waals surface area contributed by atoms with Crippen molar-refractivity contribution in [3.8, 4) is 23.3 Å². The first-order valence-corrected chi connectivity index (χ1v) is 10.4. The van der Waals surface area contributed by atoms with Crippen LogP contribution in [0.2, 0.25) is 0 Å². The fraction of sp³-hybridized carbons (Fsp3) is 0.250. The van der Waals surface area contributed by atoms with Gasteiger partial charge in [-0.15, -0.1) is 23.5 Å². The van der Waals surface area contributed by atoms with Gasteiger partial charge in [-0.2, -0.15) is 0 Å². The normalized spacial score (nSPS) is 14.5. The molecule has 0 atom stereocenters. The van der Waals surface area contributed by atoms with Crippen LogP contribution in [0.15, 0.2) is 36.4 Å². The minimum Gasteiger partial charge on any atom is -0.507 e. The Hall–Kier alpha value is -2.23. The SMILES string of the molecule is CSC1(SC)CCOc2ccc(C#Cc3ccc(C(=O)O)c(O)c3)cc21. The highest BCUT2D eigenvalue weighted by Gasteiger charge is 2.36. The standard InChI is InChI=1S/C20H18O4S2/c1-25-20(26-2)9-10-24-18-8-6-13(11-16(18)20)3-4-14-5-7-15(19(22)23)17(21)12-14/h5-8,11-12,21H,9-10H2,1-2H3,(H,22,23). The highest BCUT2D eigenvalue weighted by atomic mass is 32.2. The van der Waals surface area contributed by atoms with Crippen LogP contribution in [0, 0.1) is 11.8 Å². The van der Waals surface area contributed by atoms with E-state index in [0.29, 0.717) is 12.2 Å². The summed E-state index contributed by atoms with van der Waals surface area (Å²) in [6.07, 6.45) is 5.15. The van der Waals surface area contributed by atoms with E-state index in [2.05, 4.69) is 30.4 Å². The van der Waals surface area contributed by atoms with Crippen molar-refractivity contribution in [1.29, 1.82) is 0 Å². The predicted molar refractivity (Wildman–Crippen MR) is 106 cm³/mol. The molecule has 0 fully saturated rings. The van der Waals surface area contributed by atoms with Crippen LogP contribution in [0.25, 0.3) is 0 Å². The second kappa shape index (κ2) is 7.56. The zero-order valence-corrected chi connectivity index (χ0v) is 16.0. The van der Waals surface area contributed by atoms with Gasteiger partial charge in [0.15, 0.2) is 0 Å². The molecule has 1 aliphatic heterocycles. The van der Waals surface area contributed by atoms with Crippen molar-refractivity contribution >= 4 is 29.5 Å². The maximum absolute atomic E-state index is 11.0. The Morgan fingerprint density at radius 3 is 2.38 bits per heavy atom. The number of carboxylic acid groups (broad SMARTS) is 1. The second-order valence-electron chi connectivity index (χ2n) is 5.76. The lowest BCUT2D eigenvalue weighted by Crippen LogP contribution is -2.26. The largest absolute Gasteiger partial charge is 0.507 e. The topological polar surface area (TPSA) is 66.8 Å². The Kier molecular flexibility index (Phi) is 5.40. The summed E-state index contributed by atoms with van der Waals surface area (Å²) in [5.41, 5.74) is 2.41. The van der Waals surface area contributed by atoms with Crippen LogP contribution in [0.4, 0.5) is 0 Å². The first-order valence-electron chi connectivity index (χ1n) is 7.95. The number of carbonyl (C=O) groups is 1. The number of carboxylic acids is 1. The quantitative estimate of drug-likeness (QED) is 0.610. The van der Waals surface area contributed by atoms with Crippen molar-refractivity contribution in [3.63, 3.8) is 0 Å². The summed E-state index contributed by atoms with van der Waals surface area (Å²) in [7, 11) is 0. The highest BCUT2D eigenvalue weighted by Crippen LogP contribution is 2.52. The molecule has 0 amide bonds. The Morgan fingerprint density at radius 2 is 1.77 bits per heavy atom. The number of phenols is 1. The van der Waals surface area contributed by atoms with Crippen molar-refractivity contribution in [2.75, 3.05) is 19.1 Å². The molecule has 0 aliphatic carbocycles. The summed E-state index contributed by atoms with van der Waals surface area (Å²) in [6, 6.07) is 10.2. The van der Waals surface area contributed by atoms with E-state index in [4.69, 9.17) is 9.84 Å². The van der Waals surface area contributed by atoms with Crippen LogP contribution < -0.4 is 4.74 Å². The Labute approximate surface area is 161 Å². The van der Waals surface area contributed by atoms with E-state index in [1.807, 2.05) is 35.7 Å². The monoisotopic (exact) mass is 386 g/mol. The Balaban J connectivity index is 1.95. The van der Waals surface area contributed by atoms with E-state index in [0.717, 1.165) is 23.3 Å². The fourth-order valence-electron chi connectivity index (χ4n) is 2.90. The van der Waals surface area contributed by atoms with Gasteiger partial charge in [0, 0.05) is 23.1 Å². The molecule has 26 heavy (non-hydrogen) atoms. The number of thioether (sulfide) groups is 2. The zero-order chi connectivity index (χ0) is 18.7. The van der Waals surface area contributed by atoms with Crippen molar-refractivity contribution in [1.82, 2.24) is 0 Å². The van der Waals surface area contributed by atoms with E-state index in [-0.39, 0.29) is 15.4 Å². The van der Waals surface area contributed by atoms with Crippen molar-refractivity contribution in [2.24, 2.45) is 0 Å². The number of aromatic carboxylic acids is 1. The molecule has 3 rings (SSSR count). The molecule has 2 N–H and O–H groups in total. The van der Waals surface area contributed by atoms with Crippen LogP contribution in [0.1, 0.15) is 33.5 Å². The molecule has 1 heterocycles. The summed E-state index contributed by atoms with van der Waals surface area (Å²) in [5.74, 6) is 5.52. The lowest BCUT2D eigenvalue weighted by molar-refractivity contribution is 0.0693. The number of aromatic hydroxyl groups is 1. The lowest BCUT2D eigenvalue weighted by atomic mass is 10.0. The summed E-state index contributed by atoms with van der Waals surface area (Å²) in [6.45, 7) is 0.703. The molecule has 0 saturated carbocycles. The number of hydrogen-bond donors (Lipinski definition) is 2. The molecule has 6 heteroatoms. The van der Waals surface area contributed by atoms with Gasteiger partial charge in [0.25, 0.3) is 0 Å². The van der Waals surface area contributed by atoms with Gasteiger partial charge in [-0.1, -0.05) is 11.8 Å². The smallest absolute Gasteiger partial charge is 0.339 e. The van der Waals surface area contributed by atoms with Crippen molar-refractivity contribution in [3.05, 3.63) is 58.7 Å². The molecular weight excluding hydrogens is 368 g/mol. The van der Waals surface area contributed by atoms with Gasteiger partial charge in [-0.25, -0.2) is 4.79 Å². The Morgan fingerprint density at radius 1 is 1.12 bits per heavy atom. The van der Waals surface area contributed by atoms with Gasteiger partial charge in [-0.05, 0) is 48.9 Å². The predicted octanol–water partition coefficient (Wildman–Crippen LogP) is 4.15. The van der Waals surface area contributed by atoms with E-state index >= 15 is 0 Å². The van der Waals surface area contributed by atoms with Gasteiger partial charge in [0.2, 0.25) is 0 Å². The third-order valence-electron chi connectivity index (χ3n) is 4.32. The average molecular weight is 386 g/mol. The number of hydrogen-bond acceptors (Lipinski definition) is 5. The maximum atomic E-state index is 11.0. The minimum atomic E-state index is -1.16. The summed E-state index contributed by atoms with van der Waals surface area (Å²) >= 11 is 3.62. The molecule has 2 aromatic carbocycles. The molecule has 0 saturated heterocycles. The van der Waals surface area contributed by atoms with Gasteiger partial charge in [-0.3, -0.25) is 0 Å². The van der Waals surface area contributed by atoms with Crippen LogP contribution in [-0.2, 0) is 4.08 Å². The minimum absolute atomic E-state index is 0.0350. The van der Waals surface area contributed by atoms with E-state index < -0.39 is 5.97 Å². The molecule has 134 valence electrons. The number of fused-ring (bicyclic) bond motifs is 1. The molecule has 0 radical (unpaired) electrons. The number of ether oxygens (including phenoxy) is 1. The van der Waals surface area contributed by atoms with Crippen LogP contribution in [0.5, 0.6) is 11.5 Å². The van der Waals surface area contributed by atoms with Crippen molar-refractivity contribution in [2.45, 2.75) is 10.5 Å². The average Bonchev–Trinajstić information content (AvgIpc) is 2.65. The fourth-order valence-corrected chi connectivity index (χ4v) is 4.90. The summed E-state index contributed by atoms with van der Waals surface area (Å²) in [4.78, 5) is 11.0. The van der Waals surface area contributed by atoms with Crippen LogP contribution >= 0.6 is 23.5 Å². The first kappa shape index (κ1) is 18.6. The summed E-state index contributed by atoms with van der Waals surface area (Å²) < 4.78 is 5.75. The number of rotatable bonds is 3. The van der Waals surface area contributed by atoms with Gasteiger partial charge < -0.3 is 14.9 Å². The Bertz CT molecular complexity index is 908. The molecule has 4 nitrogen and oxygen atoms in total. The van der Waals surface area contributed by atoms with Gasteiger partial charge >= 0.3 is 5.97 Å². The molecule has 0 spiro atoms. The molecule has 0 bridgehead atoms. The number of benzene rings is 2. The first-order chi connectivity index (χ1) is 12.5. The van der Waals surface area contributed by atoms with E-state index in [9.17, 15) is 9.90 Å². The van der Waals surface area contributed by atoms with Gasteiger partial charge in [0.05, 0.1) is 10.7 Å². The van der Waals surface area contributed by atoms with Gasteiger partial charge in [0.1, 0.15) is 17.1 Å². The third-order valence-corrected chi connectivity index (χ3v) is 7.48. The van der Waals surface area contributed by atoms with Crippen molar-refractivity contribution < 1.29 is 19.7 Å². The third kappa shape index (κ3) is 3.50. The molecular formula is C20H18O4S2. The molecule has 0 aromatic heterocycles. The lowest BCUT2D eigenvalue weighted by Gasteiger charge is -2.36. The zero-order valence-electron chi connectivity index (χ0n) is 14.4. The summed E-state index contributed by atoms with van der Waals surface area (Å²) in [5, 5.41) is 18.7. The highest BCUT2D eigenvalue weighted by molar-refractivity contribution is 8.16. The van der Waals surface area contributed by atoms with Crippen LogP contribution in [0.3, 0.4) is 0 Å². The molecule has 1 aliphatic rings. The van der Waals surface area contributed by atoms with E-state index in [1.54, 1.807) is 6.07 Å². The second-order valence-corrected chi connectivity index (χ2v) is 8.23. The molecule has 2 aromatic rings.